The monoisotopic (exact) mass is 318 g/mol. The van der Waals surface area contributed by atoms with Crippen molar-refractivity contribution >= 4 is 33.2 Å². The molecule has 0 atom stereocenters. The van der Waals surface area contributed by atoms with Crippen molar-refractivity contribution in [2.45, 2.75) is 31.2 Å². The number of aryl methyl sites for hydroxylation is 1. The first-order chi connectivity index (χ1) is 9.45. The van der Waals surface area contributed by atoms with E-state index in [0.29, 0.717) is 12.4 Å². The molecule has 20 heavy (non-hydrogen) atoms. The maximum Gasteiger partial charge on any atom is 0.182 e. The lowest BCUT2D eigenvalue weighted by molar-refractivity contribution is 0.576. The second-order valence-corrected chi connectivity index (χ2v) is 8.16. The van der Waals surface area contributed by atoms with E-state index in [1.165, 1.54) is 6.26 Å². The van der Waals surface area contributed by atoms with Gasteiger partial charge < -0.3 is 10.6 Å². The van der Waals surface area contributed by atoms with E-state index in [-0.39, 0.29) is 10.7 Å². The number of anilines is 2. The first kappa shape index (κ1) is 15.5. The first-order valence-corrected chi connectivity index (χ1v) is 9.88. The zero-order valence-corrected chi connectivity index (χ0v) is 13.6. The molecular formula is C12H22N4O2S2. The number of nitrogens with two attached hydrogens (primary N) is 1. The molecule has 1 saturated heterocycles. The molecule has 2 rings (SSSR count). The largest absolute Gasteiger partial charge is 0.383 e. The standard InChI is InChI=1S/C12H22N4O2S2/c1-3-4-5-16-11(13)10(20(2,17)18)12(14-16)15-6-8-19-9-7-15/h3-9,13H2,1-2H3. The summed E-state index contributed by atoms with van der Waals surface area (Å²) in [5.41, 5.74) is 6.03. The van der Waals surface area contributed by atoms with E-state index < -0.39 is 9.84 Å². The summed E-state index contributed by atoms with van der Waals surface area (Å²) in [7, 11) is -3.37. The van der Waals surface area contributed by atoms with Crippen LogP contribution in [0.5, 0.6) is 0 Å². The van der Waals surface area contributed by atoms with Crippen LogP contribution < -0.4 is 10.6 Å². The van der Waals surface area contributed by atoms with Crippen molar-refractivity contribution in [1.29, 1.82) is 0 Å². The molecule has 1 aliphatic rings. The van der Waals surface area contributed by atoms with E-state index in [1.54, 1.807) is 4.68 Å². The Morgan fingerprint density at radius 3 is 2.55 bits per heavy atom. The average molecular weight is 318 g/mol. The van der Waals surface area contributed by atoms with Crippen molar-refractivity contribution in [3.05, 3.63) is 0 Å². The van der Waals surface area contributed by atoms with E-state index in [0.717, 1.165) is 37.4 Å². The van der Waals surface area contributed by atoms with E-state index >= 15 is 0 Å². The highest BCUT2D eigenvalue weighted by molar-refractivity contribution is 7.99. The SMILES string of the molecule is CCCCn1nc(N2CCSCC2)c(S(C)(=O)=O)c1N. The van der Waals surface area contributed by atoms with Gasteiger partial charge in [0.15, 0.2) is 20.6 Å². The number of aromatic nitrogens is 2. The summed E-state index contributed by atoms with van der Waals surface area (Å²) >= 11 is 1.87. The van der Waals surface area contributed by atoms with Gasteiger partial charge in [0.25, 0.3) is 0 Å². The minimum atomic E-state index is -3.37. The van der Waals surface area contributed by atoms with Crippen LogP contribution in [-0.2, 0) is 16.4 Å². The highest BCUT2D eigenvalue weighted by atomic mass is 32.2. The average Bonchev–Trinajstić information content (AvgIpc) is 2.74. The Kier molecular flexibility index (Phi) is 4.85. The van der Waals surface area contributed by atoms with Crippen molar-refractivity contribution < 1.29 is 8.42 Å². The molecule has 1 aromatic heterocycles. The van der Waals surface area contributed by atoms with Crippen LogP contribution in [0.2, 0.25) is 0 Å². The summed E-state index contributed by atoms with van der Waals surface area (Å²) in [4.78, 5) is 2.23. The van der Waals surface area contributed by atoms with Gasteiger partial charge in [-0.1, -0.05) is 13.3 Å². The van der Waals surface area contributed by atoms with Gasteiger partial charge in [-0.25, -0.2) is 13.1 Å². The number of nitrogen functional groups attached to an aromatic ring is 1. The normalized spacial score (nSPS) is 16.6. The van der Waals surface area contributed by atoms with Gasteiger partial charge in [0.2, 0.25) is 0 Å². The number of hydrogen-bond donors (Lipinski definition) is 1. The maximum absolute atomic E-state index is 12.0. The van der Waals surface area contributed by atoms with Crippen LogP contribution in [0, 0.1) is 0 Å². The molecule has 0 bridgehead atoms. The fraction of sp³-hybridized carbons (Fsp3) is 0.750. The number of thioether (sulfide) groups is 1. The molecule has 114 valence electrons. The van der Waals surface area contributed by atoms with Gasteiger partial charge >= 0.3 is 0 Å². The molecule has 0 unspecified atom stereocenters. The molecule has 0 aliphatic carbocycles. The highest BCUT2D eigenvalue weighted by Crippen LogP contribution is 2.31. The van der Waals surface area contributed by atoms with E-state index in [2.05, 4.69) is 12.0 Å². The van der Waals surface area contributed by atoms with Gasteiger partial charge in [-0.3, -0.25) is 0 Å². The predicted octanol–water partition coefficient (Wildman–Crippen LogP) is 1.22. The minimum Gasteiger partial charge on any atom is -0.383 e. The second-order valence-electron chi connectivity index (χ2n) is 4.99. The van der Waals surface area contributed by atoms with Crippen molar-refractivity contribution in [3.63, 3.8) is 0 Å². The van der Waals surface area contributed by atoms with Gasteiger partial charge in [-0.2, -0.15) is 16.9 Å². The van der Waals surface area contributed by atoms with Crippen molar-refractivity contribution in [1.82, 2.24) is 9.78 Å². The molecule has 0 radical (unpaired) electrons. The lowest BCUT2D eigenvalue weighted by Crippen LogP contribution is -2.33. The number of unbranched alkanes of at least 4 members (excludes halogenated alkanes) is 1. The molecule has 1 fully saturated rings. The number of hydrogen-bond acceptors (Lipinski definition) is 6. The first-order valence-electron chi connectivity index (χ1n) is 6.84. The third-order valence-corrected chi connectivity index (χ3v) is 5.41. The quantitative estimate of drug-likeness (QED) is 0.879. The molecule has 1 aliphatic heterocycles. The smallest absolute Gasteiger partial charge is 0.182 e. The molecule has 6 nitrogen and oxygen atoms in total. The predicted molar refractivity (Wildman–Crippen MR) is 84.2 cm³/mol. The van der Waals surface area contributed by atoms with Crippen LogP contribution in [0.1, 0.15) is 19.8 Å². The molecule has 0 aromatic carbocycles. The van der Waals surface area contributed by atoms with Crippen LogP contribution in [0.3, 0.4) is 0 Å². The van der Waals surface area contributed by atoms with Crippen molar-refractivity contribution in [2.75, 3.05) is 41.5 Å². The summed E-state index contributed by atoms with van der Waals surface area (Å²) in [5.74, 6) is 2.78. The van der Waals surface area contributed by atoms with Crippen LogP contribution in [-0.4, -0.2) is 49.0 Å². The summed E-state index contributed by atoms with van der Waals surface area (Å²) in [6.45, 7) is 4.38. The minimum absolute atomic E-state index is 0.195. The molecule has 0 saturated carbocycles. The van der Waals surface area contributed by atoms with Crippen LogP contribution in [0.4, 0.5) is 11.6 Å². The Hall–Kier alpha value is -0.890. The molecule has 0 spiro atoms. The summed E-state index contributed by atoms with van der Waals surface area (Å²) in [5, 5.41) is 4.47. The molecule has 8 heteroatoms. The van der Waals surface area contributed by atoms with Gasteiger partial charge in [0.05, 0.1) is 0 Å². The number of rotatable bonds is 5. The van der Waals surface area contributed by atoms with Gasteiger partial charge in [-0.15, -0.1) is 0 Å². The molecule has 1 aromatic rings. The fourth-order valence-corrected chi connectivity index (χ4v) is 4.15. The second kappa shape index (κ2) is 6.26. The van der Waals surface area contributed by atoms with Gasteiger partial charge in [0.1, 0.15) is 5.82 Å². The third-order valence-electron chi connectivity index (χ3n) is 3.33. The molecule has 2 heterocycles. The zero-order valence-electron chi connectivity index (χ0n) is 12.0. The number of nitrogens with zero attached hydrogens (tertiary/aromatic N) is 3. The van der Waals surface area contributed by atoms with Crippen LogP contribution in [0.15, 0.2) is 4.90 Å². The van der Waals surface area contributed by atoms with Crippen LogP contribution >= 0.6 is 11.8 Å². The van der Waals surface area contributed by atoms with Crippen molar-refractivity contribution in [2.24, 2.45) is 0 Å². The Labute approximate surface area is 124 Å². The lowest BCUT2D eigenvalue weighted by Gasteiger charge is -2.26. The van der Waals surface area contributed by atoms with Crippen LogP contribution in [0.25, 0.3) is 0 Å². The van der Waals surface area contributed by atoms with Gasteiger partial charge in [-0.05, 0) is 6.42 Å². The third kappa shape index (κ3) is 3.22. The summed E-state index contributed by atoms with van der Waals surface area (Å²) < 4.78 is 25.7. The molecule has 0 amide bonds. The fourth-order valence-electron chi connectivity index (χ4n) is 2.26. The van der Waals surface area contributed by atoms with E-state index in [1.807, 2.05) is 16.7 Å². The van der Waals surface area contributed by atoms with Gasteiger partial charge in [0, 0.05) is 37.4 Å². The van der Waals surface area contributed by atoms with E-state index in [4.69, 9.17) is 5.73 Å². The van der Waals surface area contributed by atoms with Crippen molar-refractivity contribution in [3.8, 4) is 0 Å². The Balaban J connectivity index is 2.42. The summed E-state index contributed by atoms with van der Waals surface area (Å²) in [6.07, 6.45) is 3.15. The summed E-state index contributed by atoms with van der Waals surface area (Å²) in [6, 6.07) is 0. The van der Waals surface area contributed by atoms with E-state index in [9.17, 15) is 8.42 Å². The topological polar surface area (TPSA) is 81.2 Å². The maximum atomic E-state index is 12.0. The highest BCUT2D eigenvalue weighted by Gasteiger charge is 2.28. The Bertz CT molecular complexity index is 562. The molecular weight excluding hydrogens is 296 g/mol. The lowest BCUT2D eigenvalue weighted by atomic mass is 10.3. The zero-order chi connectivity index (χ0) is 14.8. The Morgan fingerprint density at radius 1 is 1.35 bits per heavy atom. The molecule has 2 N–H and O–H groups in total. The Morgan fingerprint density at radius 2 is 2.00 bits per heavy atom. The number of sulfone groups is 1.